The summed E-state index contributed by atoms with van der Waals surface area (Å²) in [4.78, 5) is 6.30. The van der Waals surface area contributed by atoms with Gasteiger partial charge in [-0.2, -0.15) is 0 Å². The van der Waals surface area contributed by atoms with Crippen LogP contribution >= 0.6 is 15.9 Å². The summed E-state index contributed by atoms with van der Waals surface area (Å²) in [5.41, 5.74) is 1.28. The zero-order chi connectivity index (χ0) is 14.7. The van der Waals surface area contributed by atoms with Gasteiger partial charge >= 0.3 is 0 Å². The molecule has 1 atom stereocenters. The first-order valence-electron chi connectivity index (χ1n) is 6.95. The number of benzene rings is 1. The van der Waals surface area contributed by atoms with Crippen LogP contribution in [0.1, 0.15) is 12.0 Å². The third-order valence-electron chi connectivity index (χ3n) is 3.53. The average Bonchev–Trinajstić information content (AvgIpc) is 2.90. The lowest BCUT2D eigenvalue weighted by atomic mass is 10.2. The summed E-state index contributed by atoms with van der Waals surface area (Å²) >= 11 is 3.19. The largest absolute Gasteiger partial charge is 0.471 e. The molecule has 1 fully saturated rings. The quantitative estimate of drug-likeness (QED) is 0.841. The van der Waals surface area contributed by atoms with Gasteiger partial charge in [-0.15, -0.1) is 0 Å². The minimum absolute atomic E-state index is 0.00288. The normalized spacial score (nSPS) is 18.9. The third kappa shape index (κ3) is 3.80. The number of rotatable bonds is 4. The second-order valence-corrected chi connectivity index (χ2v) is 6.11. The Hall–Kier alpha value is -1.46. The summed E-state index contributed by atoms with van der Waals surface area (Å²) in [6.07, 6.45) is 2.44. The molecule has 2 heterocycles. The number of hydrogen-bond acceptors (Lipinski definition) is 3. The van der Waals surface area contributed by atoms with Crippen LogP contribution in [0.3, 0.4) is 0 Å². The van der Waals surface area contributed by atoms with Gasteiger partial charge < -0.3 is 4.74 Å². The first kappa shape index (κ1) is 14.5. The molecule has 1 saturated heterocycles. The molecule has 1 aliphatic heterocycles. The number of pyridine rings is 1. The van der Waals surface area contributed by atoms with Crippen LogP contribution in [0.25, 0.3) is 0 Å². The lowest BCUT2D eigenvalue weighted by Gasteiger charge is -2.16. The first-order valence-corrected chi connectivity index (χ1v) is 7.74. The van der Waals surface area contributed by atoms with Crippen molar-refractivity contribution >= 4 is 15.9 Å². The number of hydrogen-bond donors (Lipinski definition) is 0. The Morgan fingerprint density at radius 2 is 2.14 bits per heavy atom. The zero-order valence-electron chi connectivity index (χ0n) is 11.5. The van der Waals surface area contributed by atoms with Gasteiger partial charge in [0, 0.05) is 30.3 Å². The predicted molar refractivity (Wildman–Crippen MR) is 82.6 cm³/mol. The molecule has 3 rings (SSSR count). The second kappa shape index (κ2) is 6.54. The van der Waals surface area contributed by atoms with E-state index in [0.29, 0.717) is 4.47 Å². The molecule has 21 heavy (non-hydrogen) atoms. The maximum atomic E-state index is 13.7. The number of ether oxygens (including phenoxy) is 1. The lowest BCUT2D eigenvalue weighted by molar-refractivity contribution is 0.183. The molecular weight excluding hydrogens is 335 g/mol. The summed E-state index contributed by atoms with van der Waals surface area (Å²) < 4.78 is 20.0. The molecule has 0 bridgehead atoms. The van der Waals surface area contributed by atoms with Gasteiger partial charge in [-0.3, -0.25) is 4.90 Å². The maximum absolute atomic E-state index is 13.7. The molecule has 5 heteroatoms. The summed E-state index contributed by atoms with van der Waals surface area (Å²) in [6, 6.07) is 11.7. The van der Waals surface area contributed by atoms with Crippen molar-refractivity contribution in [3.8, 4) is 5.88 Å². The molecule has 1 aromatic carbocycles. The van der Waals surface area contributed by atoms with Gasteiger partial charge in [0.1, 0.15) is 6.10 Å². The molecule has 0 spiro atoms. The molecule has 1 aliphatic rings. The van der Waals surface area contributed by atoms with Crippen molar-refractivity contribution in [3.63, 3.8) is 0 Å². The number of nitrogens with zero attached hydrogens (tertiary/aromatic N) is 2. The Morgan fingerprint density at radius 3 is 2.90 bits per heavy atom. The van der Waals surface area contributed by atoms with Gasteiger partial charge in [0.2, 0.25) is 0 Å². The molecule has 0 amide bonds. The molecule has 3 nitrogen and oxygen atoms in total. The molecule has 0 aliphatic carbocycles. The van der Waals surface area contributed by atoms with Crippen molar-refractivity contribution in [2.24, 2.45) is 0 Å². The number of aromatic nitrogens is 1. The molecule has 1 unspecified atom stereocenters. The number of halogens is 2. The van der Waals surface area contributed by atoms with Crippen LogP contribution in [0.5, 0.6) is 5.88 Å². The molecule has 0 radical (unpaired) electrons. The summed E-state index contributed by atoms with van der Waals surface area (Å²) in [5, 5.41) is 0. The highest BCUT2D eigenvalue weighted by Gasteiger charge is 2.25. The monoisotopic (exact) mass is 350 g/mol. The first-order chi connectivity index (χ1) is 10.2. The Balaban J connectivity index is 1.57. The molecule has 110 valence electrons. The minimum Gasteiger partial charge on any atom is -0.471 e. The Kier molecular flexibility index (Phi) is 4.51. The van der Waals surface area contributed by atoms with Gasteiger partial charge in [0.25, 0.3) is 5.88 Å². The highest BCUT2D eigenvalue weighted by molar-refractivity contribution is 9.10. The fourth-order valence-corrected chi connectivity index (χ4v) is 2.83. The van der Waals surface area contributed by atoms with Crippen LogP contribution < -0.4 is 4.74 Å². The van der Waals surface area contributed by atoms with Crippen molar-refractivity contribution < 1.29 is 9.13 Å². The van der Waals surface area contributed by atoms with Gasteiger partial charge in [-0.25, -0.2) is 9.37 Å². The smallest absolute Gasteiger partial charge is 0.250 e. The van der Waals surface area contributed by atoms with E-state index in [1.165, 1.54) is 11.6 Å². The standard InChI is InChI=1S/C16H16BrFN2O/c17-13-8-15(18)16(19-9-13)21-14-6-7-20(11-14)10-12-4-2-1-3-5-12/h1-5,8-9,14H,6-7,10-11H2. The van der Waals surface area contributed by atoms with E-state index < -0.39 is 5.82 Å². The van der Waals surface area contributed by atoms with E-state index in [4.69, 9.17) is 4.74 Å². The summed E-state index contributed by atoms with van der Waals surface area (Å²) in [7, 11) is 0. The third-order valence-corrected chi connectivity index (χ3v) is 3.96. The fourth-order valence-electron chi connectivity index (χ4n) is 2.53. The van der Waals surface area contributed by atoms with Crippen molar-refractivity contribution in [2.45, 2.75) is 19.1 Å². The van der Waals surface area contributed by atoms with E-state index in [9.17, 15) is 4.39 Å². The highest BCUT2D eigenvalue weighted by atomic mass is 79.9. The van der Waals surface area contributed by atoms with Crippen LogP contribution in [-0.2, 0) is 6.54 Å². The summed E-state index contributed by atoms with van der Waals surface area (Å²) in [5.74, 6) is -0.337. The topological polar surface area (TPSA) is 25.4 Å². The van der Waals surface area contributed by atoms with E-state index in [2.05, 4.69) is 37.9 Å². The van der Waals surface area contributed by atoms with Crippen LogP contribution in [0.4, 0.5) is 4.39 Å². The zero-order valence-corrected chi connectivity index (χ0v) is 13.1. The fraction of sp³-hybridized carbons (Fsp3) is 0.312. The van der Waals surface area contributed by atoms with Crippen LogP contribution in [-0.4, -0.2) is 29.1 Å². The Labute approximate surface area is 131 Å². The Morgan fingerprint density at radius 1 is 1.33 bits per heavy atom. The van der Waals surface area contributed by atoms with Gasteiger partial charge in [0.05, 0.1) is 0 Å². The van der Waals surface area contributed by atoms with Crippen LogP contribution in [0, 0.1) is 5.82 Å². The SMILES string of the molecule is Fc1cc(Br)cnc1OC1CCN(Cc2ccccc2)C1. The van der Waals surface area contributed by atoms with E-state index in [1.807, 2.05) is 18.2 Å². The van der Waals surface area contributed by atoms with E-state index in [0.717, 1.165) is 26.1 Å². The van der Waals surface area contributed by atoms with Crippen molar-refractivity contribution in [1.82, 2.24) is 9.88 Å². The van der Waals surface area contributed by atoms with Crippen LogP contribution in [0.2, 0.25) is 0 Å². The van der Waals surface area contributed by atoms with E-state index in [-0.39, 0.29) is 12.0 Å². The molecule has 0 saturated carbocycles. The van der Waals surface area contributed by atoms with Gasteiger partial charge in [0.15, 0.2) is 5.82 Å². The number of likely N-dealkylation sites (tertiary alicyclic amines) is 1. The molecule has 0 N–H and O–H groups in total. The van der Waals surface area contributed by atoms with E-state index in [1.54, 1.807) is 6.20 Å². The lowest BCUT2D eigenvalue weighted by Crippen LogP contribution is -2.25. The minimum atomic E-state index is -0.425. The summed E-state index contributed by atoms with van der Waals surface area (Å²) in [6.45, 7) is 2.65. The van der Waals surface area contributed by atoms with Crippen molar-refractivity contribution in [1.29, 1.82) is 0 Å². The average molecular weight is 351 g/mol. The highest BCUT2D eigenvalue weighted by Crippen LogP contribution is 2.22. The molecular formula is C16H16BrFN2O. The van der Waals surface area contributed by atoms with Crippen LogP contribution in [0.15, 0.2) is 47.1 Å². The van der Waals surface area contributed by atoms with Crippen molar-refractivity contribution in [3.05, 3.63) is 58.4 Å². The van der Waals surface area contributed by atoms with Gasteiger partial charge in [-0.1, -0.05) is 30.3 Å². The predicted octanol–water partition coefficient (Wildman–Crippen LogP) is 3.64. The van der Waals surface area contributed by atoms with Crippen molar-refractivity contribution in [2.75, 3.05) is 13.1 Å². The second-order valence-electron chi connectivity index (χ2n) is 5.19. The maximum Gasteiger partial charge on any atom is 0.250 e. The molecule has 2 aromatic rings. The van der Waals surface area contributed by atoms with E-state index >= 15 is 0 Å². The van der Waals surface area contributed by atoms with Gasteiger partial charge in [-0.05, 0) is 34.0 Å². The molecule has 1 aromatic heterocycles. The Bertz CT molecular complexity index is 608.